The van der Waals surface area contributed by atoms with Gasteiger partial charge < -0.3 is 10.6 Å². The Kier molecular flexibility index (Phi) is 5.44. The Morgan fingerprint density at radius 2 is 2.18 bits per heavy atom. The quantitative estimate of drug-likeness (QED) is 0.840. The van der Waals surface area contributed by atoms with Gasteiger partial charge in [-0.1, -0.05) is 0 Å². The summed E-state index contributed by atoms with van der Waals surface area (Å²) in [6, 6.07) is 0. The Bertz CT molecular complexity index is 487. The van der Waals surface area contributed by atoms with Crippen molar-refractivity contribution in [3.63, 3.8) is 0 Å². The first-order valence-electron chi connectivity index (χ1n) is 8.40. The molecule has 2 aliphatic rings. The molecule has 22 heavy (non-hydrogen) atoms. The average molecular weight is 322 g/mol. The molecule has 1 amide bonds. The van der Waals surface area contributed by atoms with Gasteiger partial charge in [-0.3, -0.25) is 9.69 Å². The van der Waals surface area contributed by atoms with E-state index < -0.39 is 0 Å². The van der Waals surface area contributed by atoms with Crippen LogP contribution in [0.2, 0.25) is 0 Å². The van der Waals surface area contributed by atoms with Crippen molar-refractivity contribution in [2.75, 3.05) is 38.5 Å². The van der Waals surface area contributed by atoms with E-state index in [9.17, 15) is 4.79 Å². The number of likely N-dealkylation sites (tertiary alicyclic amines) is 1. The molecule has 0 saturated carbocycles. The number of rotatable bonds is 6. The zero-order chi connectivity index (χ0) is 15.4. The molecule has 3 rings (SSSR count). The number of piperidine rings is 1. The van der Waals surface area contributed by atoms with Gasteiger partial charge in [0.25, 0.3) is 0 Å². The van der Waals surface area contributed by atoms with Gasteiger partial charge in [-0.15, -0.1) is 11.3 Å². The van der Waals surface area contributed by atoms with E-state index >= 15 is 0 Å². The van der Waals surface area contributed by atoms with Crippen molar-refractivity contribution < 1.29 is 4.79 Å². The maximum Gasteiger partial charge on any atom is 0.240 e. The molecule has 1 aliphatic carbocycles. The molecule has 0 aromatic carbocycles. The van der Waals surface area contributed by atoms with Crippen molar-refractivity contribution in [1.29, 1.82) is 0 Å². The van der Waals surface area contributed by atoms with Gasteiger partial charge in [-0.05, 0) is 71.1 Å². The monoisotopic (exact) mass is 322 g/mol. The van der Waals surface area contributed by atoms with Crippen LogP contribution in [0.5, 0.6) is 0 Å². The molecule has 0 unspecified atom stereocenters. The van der Waals surface area contributed by atoms with Crippen molar-refractivity contribution in [2.24, 2.45) is 5.92 Å². The van der Waals surface area contributed by atoms with Crippen LogP contribution in [0, 0.1) is 5.92 Å². The van der Waals surface area contributed by atoms with Crippen molar-refractivity contribution in [2.45, 2.75) is 38.5 Å². The number of fused-ring (bicyclic) bond motifs is 1. The van der Waals surface area contributed by atoms with Gasteiger partial charge in [0.1, 0.15) is 0 Å². The number of hydrogen-bond donors (Lipinski definition) is 2. The lowest BCUT2D eigenvalue weighted by molar-refractivity contribution is -0.117. The lowest BCUT2D eigenvalue weighted by Crippen LogP contribution is -2.39. The summed E-state index contributed by atoms with van der Waals surface area (Å²) in [6.07, 6.45) is 7.08. The molecule has 6 heteroatoms. The first-order valence-corrected chi connectivity index (χ1v) is 9.21. The number of hydrogen-bond acceptors (Lipinski definition) is 5. The Hall–Kier alpha value is -0.980. The number of thiazole rings is 1. The molecule has 5 nitrogen and oxygen atoms in total. The number of amides is 1. The predicted molar refractivity (Wildman–Crippen MR) is 90.5 cm³/mol. The SMILES string of the molecule is CNCCC1CCN(CC(=O)Nc2nc3c(s2)CCC3)CC1. The molecule has 1 saturated heterocycles. The van der Waals surface area contributed by atoms with Crippen LogP contribution in [0.4, 0.5) is 5.13 Å². The van der Waals surface area contributed by atoms with Crippen LogP contribution in [0.3, 0.4) is 0 Å². The van der Waals surface area contributed by atoms with E-state index in [0.29, 0.717) is 6.54 Å². The van der Waals surface area contributed by atoms with Gasteiger partial charge in [0.2, 0.25) is 5.91 Å². The maximum atomic E-state index is 12.2. The summed E-state index contributed by atoms with van der Waals surface area (Å²) in [5.41, 5.74) is 1.20. The number of aromatic nitrogens is 1. The molecule has 0 spiro atoms. The van der Waals surface area contributed by atoms with Gasteiger partial charge in [-0.25, -0.2) is 4.98 Å². The fourth-order valence-electron chi connectivity index (χ4n) is 3.39. The largest absolute Gasteiger partial charge is 0.320 e. The third kappa shape index (κ3) is 4.06. The molecule has 2 N–H and O–H groups in total. The summed E-state index contributed by atoms with van der Waals surface area (Å²) < 4.78 is 0. The van der Waals surface area contributed by atoms with E-state index in [4.69, 9.17) is 0 Å². The minimum Gasteiger partial charge on any atom is -0.320 e. The summed E-state index contributed by atoms with van der Waals surface area (Å²) in [7, 11) is 2.01. The normalized spacial score (nSPS) is 19.3. The Balaban J connectivity index is 1.40. The molecule has 1 aliphatic heterocycles. The molecule has 122 valence electrons. The third-order valence-electron chi connectivity index (χ3n) is 4.72. The topological polar surface area (TPSA) is 57.3 Å². The van der Waals surface area contributed by atoms with Crippen LogP contribution < -0.4 is 10.6 Å². The van der Waals surface area contributed by atoms with Gasteiger partial charge in [-0.2, -0.15) is 0 Å². The summed E-state index contributed by atoms with van der Waals surface area (Å²) in [5.74, 6) is 0.898. The smallest absolute Gasteiger partial charge is 0.240 e. The Labute approximate surface area is 136 Å². The highest BCUT2D eigenvalue weighted by molar-refractivity contribution is 7.15. The molecule has 1 aromatic rings. The van der Waals surface area contributed by atoms with Crippen molar-refractivity contribution in [3.8, 4) is 0 Å². The number of aryl methyl sites for hydroxylation is 2. The summed E-state index contributed by atoms with van der Waals surface area (Å²) in [5, 5.41) is 6.99. The van der Waals surface area contributed by atoms with Crippen LogP contribution in [0.1, 0.15) is 36.3 Å². The zero-order valence-corrected chi connectivity index (χ0v) is 14.2. The van der Waals surface area contributed by atoms with E-state index in [0.717, 1.165) is 43.5 Å². The van der Waals surface area contributed by atoms with Crippen LogP contribution in [0.25, 0.3) is 0 Å². The summed E-state index contributed by atoms with van der Waals surface area (Å²) >= 11 is 1.65. The molecule has 1 aromatic heterocycles. The lowest BCUT2D eigenvalue weighted by Gasteiger charge is -2.31. The third-order valence-corrected chi connectivity index (χ3v) is 5.79. The molecular formula is C16H26N4OS. The highest BCUT2D eigenvalue weighted by atomic mass is 32.1. The van der Waals surface area contributed by atoms with Crippen LogP contribution in [-0.4, -0.2) is 49.0 Å². The number of nitrogens with zero attached hydrogens (tertiary/aromatic N) is 2. The maximum absolute atomic E-state index is 12.2. The summed E-state index contributed by atoms with van der Waals surface area (Å²) in [4.78, 5) is 20.3. The minimum atomic E-state index is 0.0844. The van der Waals surface area contributed by atoms with Crippen LogP contribution in [0.15, 0.2) is 0 Å². The zero-order valence-electron chi connectivity index (χ0n) is 13.4. The number of nitrogens with one attached hydrogen (secondary N) is 2. The Morgan fingerprint density at radius 1 is 1.36 bits per heavy atom. The second-order valence-corrected chi connectivity index (χ2v) is 7.49. The van der Waals surface area contributed by atoms with E-state index in [1.165, 1.54) is 36.3 Å². The second kappa shape index (κ2) is 7.53. The Morgan fingerprint density at radius 3 is 2.91 bits per heavy atom. The van der Waals surface area contributed by atoms with Gasteiger partial charge in [0.15, 0.2) is 5.13 Å². The van der Waals surface area contributed by atoms with E-state index in [-0.39, 0.29) is 5.91 Å². The van der Waals surface area contributed by atoms with E-state index in [2.05, 4.69) is 20.5 Å². The fraction of sp³-hybridized carbons (Fsp3) is 0.750. The number of carbonyl (C=O) groups excluding carboxylic acids is 1. The number of carbonyl (C=O) groups is 1. The second-order valence-electron chi connectivity index (χ2n) is 6.40. The van der Waals surface area contributed by atoms with Gasteiger partial charge >= 0.3 is 0 Å². The molecule has 2 heterocycles. The first kappa shape index (κ1) is 15.9. The van der Waals surface area contributed by atoms with Crippen LogP contribution in [-0.2, 0) is 17.6 Å². The molecular weight excluding hydrogens is 296 g/mol. The van der Waals surface area contributed by atoms with E-state index in [1.54, 1.807) is 11.3 Å². The van der Waals surface area contributed by atoms with Gasteiger partial charge in [0.05, 0.1) is 12.2 Å². The average Bonchev–Trinajstić information content (AvgIpc) is 3.07. The highest BCUT2D eigenvalue weighted by Gasteiger charge is 2.22. The van der Waals surface area contributed by atoms with Crippen molar-refractivity contribution in [3.05, 3.63) is 10.6 Å². The lowest BCUT2D eigenvalue weighted by atomic mass is 9.93. The molecule has 0 atom stereocenters. The first-order chi connectivity index (χ1) is 10.7. The molecule has 0 radical (unpaired) electrons. The van der Waals surface area contributed by atoms with E-state index in [1.807, 2.05) is 7.05 Å². The standard InChI is InChI=1S/C16H26N4OS/c1-17-8-5-12-6-9-20(10-7-12)11-15(21)19-16-18-13-3-2-4-14(13)22-16/h12,17H,2-11H2,1H3,(H,18,19,21). The van der Waals surface area contributed by atoms with Crippen molar-refractivity contribution >= 4 is 22.4 Å². The highest BCUT2D eigenvalue weighted by Crippen LogP contribution is 2.30. The van der Waals surface area contributed by atoms with Gasteiger partial charge in [0, 0.05) is 4.88 Å². The fourth-order valence-corrected chi connectivity index (χ4v) is 4.45. The van der Waals surface area contributed by atoms with Crippen LogP contribution >= 0.6 is 11.3 Å². The number of anilines is 1. The summed E-state index contributed by atoms with van der Waals surface area (Å²) in [6.45, 7) is 3.68. The predicted octanol–water partition coefficient (Wildman–Crippen LogP) is 1.89. The van der Waals surface area contributed by atoms with Crippen molar-refractivity contribution in [1.82, 2.24) is 15.2 Å². The minimum absolute atomic E-state index is 0.0844. The molecule has 1 fully saturated rings. The molecule has 0 bridgehead atoms.